The van der Waals surface area contributed by atoms with Gasteiger partial charge in [0.15, 0.2) is 11.4 Å². The number of ether oxygens (including phenoxy) is 9. The maximum atomic E-state index is 16.0. The van der Waals surface area contributed by atoms with Crippen LogP contribution in [0.25, 0.3) is 0 Å². The molecular weight excluding hydrogens is 1360 g/mol. The quantitative estimate of drug-likeness (QED) is 0.0202. The molecular formula is C80H115N2O21P. The molecule has 10 rings (SSSR count). The summed E-state index contributed by atoms with van der Waals surface area (Å²) in [5, 5.41) is 19.4. The van der Waals surface area contributed by atoms with Crippen LogP contribution in [-0.2, 0) is 80.2 Å². The Hall–Kier alpha value is -5.88. The lowest BCUT2D eigenvalue weighted by Crippen LogP contribution is -2.82. The number of benzene rings is 2. The van der Waals surface area contributed by atoms with Crippen LogP contribution in [0.5, 0.6) is 0 Å². The Morgan fingerprint density at radius 3 is 2.16 bits per heavy atom. The predicted octanol–water partition coefficient (Wildman–Crippen LogP) is 12.6. The highest BCUT2D eigenvalue weighted by Crippen LogP contribution is 2.69. The van der Waals surface area contributed by atoms with E-state index in [1.54, 1.807) is 97.0 Å². The van der Waals surface area contributed by atoms with Gasteiger partial charge in [-0.2, -0.15) is 0 Å². The number of Topliss-reactive ketones (excluding diaryl/α,β-unsaturated/α-hetero) is 1. The summed E-state index contributed by atoms with van der Waals surface area (Å²) >= 11 is 0. The molecule has 6 fully saturated rings. The Kier molecular flexibility index (Phi) is 24.9. The molecule has 24 heteroatoms. The van der Waals surface area contributed by atoms with Crippen molar-refractivity contribution in [1.29, 1.82) is 0 Å². The summed E-state index contributed by atoms with van der Waals surface area (Å²) < 4.78 is 79.3. The zero-order valence-electron chi connectivity index (χ0n) is 63.8. The summed E-state index contributed by atoms with van der Waals surface area (Å²) in [7, 11) is -1.87. The monoisotopic (exact) mass is 1470 g/mol. The number of esters is 4. The fourth-order valence-corrected chi connectivity index (χ4v) is 20.9. The predicted molar refractivity (Wildman–Crippen MR) is 384 cm³/mol. The van der Waals surface area contributed by atoms with Crippen LogP contribution in [0.1, 0.15) is 208 Å². The van der Waals surface area contributed by atoms with Gasteiger partial charge in [-0.25, -0.2) is 18.9 Å². The molecule has 4 unspecified atom stereocenters. The highest BCUT2D eigenvalue weighted by atomic mass is 31.2. The Morgan fingerprint density at radius 1 is 0.827 bits per heavy atom. The Labute approximate surface area is 613 Å². The van der Waals surface area contributed by atoms with E-state index >= 15 is 9.59 Å². The molecule has 8 aliphatic rings. The SMILES string of the molecule is CO[C@H]1C(=O)[C@]2(C)[C@@H](OC)C[C@H]3OC[C@@]3(OC(C)=O)[C@H]2[C@H](OC(=O)c2ccccc2)[C@]2(O)C[C@H](OC(=O)[C@H](OC(=O)CCC(=O)NCCOP(=O)(O)OCCO[C@H]3CC[C@@]4(C)C(=CCC5C4CC[C@@]4(C)C5CC[C@@H]4[C@H](C)CCCC(C)C)C3)[C@@H](NC(=O)OC(C)(C)C)c3ccccc3)C(C)=C1C2(C)C. The van der Waals surface area contributed by atoms with Gasteiger partial charge in [0.05, 0.1) is 62.0 Å². The average Bonchev–Trinajstić information content (AvgIpc) is 0.728. The molecule has 104 heavy (non-hydrogen) atoms. The van der Waals surface area contributed by atoms with E-state index in [1.165, 1.54) is 83.8 Å². The van der Waals surface area contributed by atoms with Gasteiger partial charge in [-0.1, -0.05) is 128 Å². The molecule has 2 aromatic carbocycles. The maximum Gasteiger partial charge on any atom is 0.472 e. The Balaban J connectivity index is 0.795. The number of methoxy groups -OCH3 is 2. The number of aliphatic hydroxyl groups is 1. The second-order valence-corrected chi connectivity index (χ2v) is 34.9. The van der Waals surface area contributed by atoms with Gasteiger partial charge in [0.2, 0.25) is 12.0 Å². The molecule has 20 atom stereocenters. The number of alkyl carbamates (subject to hydrolysis) is 1. The van der Waals surface area contributed by atoms with Crippen molar-refractivity contribution in [1.82, 2.24) is 10.6 Å². The number of carbonyl (C=O) groups excluding carboxylic acids is 7. The fraction of sp³-hybridized carbons (Fsp3) is 0.713. The van der Waals surface area contributed by atoms with Gasteiger partial charge in [0, 0.05) is 52.4 Å². The number of rotatable bonds is 28. The zero-order valence-corrected chi connectivity index (χ0v) is 64.6. The second kappa shape index (κ2) is 32.1. The summed E-state index contributed by atoms with van der Waals surface area (Å²) in [6.07, 6.45) is 4.18. The molecule has 23 nitrogen and oxygen atoms in total. The molecule has 2 amide bonds. The number of phosphoric ester groups is 1. The number of allylic oxidation sites excluding steroid dienone is 1. The molecule has 0 radical (unpaired) electrons. The van der Waals surface area contributed by atoms with Crippen molar-refractivity contribution in [2.24, 2.45) is 63.1 Å². The van der Waals surface area contributed by atoms with Gasteiger partial charge in [-0.3, -0.25) is 28.2 Å². The molecule has 7 aliphatic carbocycles. The fourth-order valence-electron chi connectivity index (χ4n) is 20.2. The summed E-state index contributed by atoms with van der Waals surface area (Å²) in [4.78, 5) is 112. The lowest BCUT2D eigenvalue weighted by atomic mass is 9.44. The van der Waals surface area contributed by atoms with Gasteiger partial charge in [-0.05, 0) is 161 Å². The number of amides is 2. The number of carbonyl (C=O) groups is 7. The lowest BCUT2D eigenvalue weighted by Gasteiger charge is -2.67. The first kappa shape index (κ1) is 80.7. The van der Waals surface area contributed by atoms with E-state index in [0.29, 0.717) is 17.3 Å². The Morgan fingerprint density at radius 2 is 1.52 bits per heavy atom. The first-order valence-corrected chi connectivity index (χ1v) is 39.2. The van der Waals surface area contributed by atoms with E-state index in [0.717, 1.165) is 49.4 Å². The summed E-state index contributed by atoms with van der Waals surface area (Å²) in [5.74, 6) is -2.24. The topological polar surface area (TPSA) is 303 Å². The van der Waals surface area contributed by atoms with E-state index in [1.807, 2.05) is 0 Å². The Bertz CT molecular complexity index is 3560. The standard InChI is InChI=1S/C80H115N2O21P/c1-47(2)23-22-24-48(3)56-31-32-57-55-30-29-53-43-54(35-37-76(53,11)58(55)36-38-77(56,57)12)95-41-42-98-104(91,92)97-40-39-81-62(84)33-34-63(85)100-67(65(51-25-18-16-19-26-51)82-73(89)103-74(6,7)8)72(88)99-59-45-80(90)70(101-71(87)52-27-20-17-21-28-52)68-78(13,69(86)66(94-15)64(49(59)4)75(80,9)10)60(93-14)44-61-79(68,46-96-61)102-50(5)83/h16-21,25-29,47-48,54-61,65-68,70,90H,22-24,30-46H2,1-15H3,(H,81,84)(H,82,89)(H,91,92)/t48-,54+,55?,56-,57?,58?,59+,60+,61-,65+,66-,67-,68+,70+,76+,77-,78-,79+,80-/m1/s1. The molecule has 1 heterocycles. The number of hydrogen-bond acceptors (Lipinski definition) is 20. The van der Waals surface area contributed by atoms with Crippen LogP contribution in [0.2, 0.25) is 0 Å². The number of ketones is 1. The van der Waals surface area contributed by atoms with Gasteiger partial charge < -0.3 is 63.3 Å². The molecule has 5 saturated carbocycles. The molecule has 1 aliphatic heterocycles. The summed E-state index contributed by atoms with van der Waals surface area (Å²) in [5.41, 5.74) is -5.73. The van der Waals surface area contributed by atoms with Gasteiger partial charge in [0.25, 0.3) is 0 Å². The highest BCUT2D eigenvalue weighted by Gasteiger charge is 2.78. The van der Waals surface area contributed by atoms with Crippen molar-refractivity contribution in [3.8, 4) is 0 Å². The summed E-state index contributed by atoms with van der Waals surface area (Å²) in [6.45, 7) is 23.8. The van der Waals surface area contributed by atoms with E-state index < -0.39 is 152 Å². The molecule has 4 N–H and O–H groups in total. The van der Waals surface area contributed by atoms with Crippen LogP contribution in [0.3, 0.4) is 0 Å². The van der Waals surface area contributed by atoms with Crippen LogP contribution < -0.4 is 10.6 Å². The smallest absolute Gasteiger partial charge is 0.455 e. The third-order valence-electron chi connectivity index (χ3n) is 25.5. The number of phosphoric acid groups is 1. The average molecular weight is 1470 g/mol. The number of fused-ring (bicyclic) bond motifs is 10. The third-order valence-corrected chi connectivity index (χ3v) is 26.5. The van der Waals surface area contributed by atoms with Crippen molar-refractivity contribution in [3.05, 3.63) is 94.6 Å². The highest BCUT2D eigenvalue weighted by molar-refractivity contribution is 7.47. The lowest BCUT2D eigenvalue weighted by molar-refractivity contribution is -0.347. The molecule has 1 saturated heterocycles. The first-order chi connectivity index (χ1) is 49.0. The summed E-state index contributed by atoms with van der Waals surface area (Å²) in [6, 6.07) is 14.5. The molecule has 2 bridgehead atoms. The van der Waals surface area contributed by atoms with E-state index in [4.69, 9.17) is 51.7 Å². The van der Waals surface area contributed by atoms with Crippen molar-refractivity contribution >= 4 is 49.5 Å². The number of hydrogen-bond donors (Lipinski definition) is 4. The maximum absolute atomic E-state index is 16.0. The molecule has 2 aromatic rings. The zero-order chi connectivity index (χ0) is 75.7. The largest absolute Gasteiger partial charge is 0.472 e. The van der Waals surface area contributed by atoms with E-state index in [2.05, 4.69) is 51.3 Å². The van der Waals surface area contributed by atoms with Crippen LogP contribution in [-0.4, -0.2) is 158 Å². The van der Waals surface area contributed by atoms with Crippen LogP contribution in [0, 0.1) is 63.1 Å². The molecule has 0 spiro atoms. The van der Waals surface area contributed by atoms with Crippen molar-refractivity contribution in [3.63, 3.8) is 0 Å². The minimum Gasteiger partial charge on any atom is -0.455 e. The molecule has 0 aromatic heterocycles. The van der Waals surface area contributed by atoms with Gasteiger partial charge >= 0.3 is 37.8 Å². The minimum absolute atomic E-state index is 0.0389. The third kappa shape index (κ3) is 16.3. The first-order valence-electron chi connectivity index (χ1n) is 37.7. The normalized spacial score (nSPS) is 34.0. The van der Waals surface area contributed by atoms with Crippen LogP contribution in [0.15, 0.2) is 83.5 Å². The van der Waals surface area contributed by atoms with Gasteiger partial charge in [0.1, 0.15) is 41.7 Å². The van der Waals surface area contributed by atoms with E-state index in [9.17, 15) is 38.5 Å². The van der Waals surface area contributed by atoms with Crippen molar-refractivity contribution in [2.45, 2.75) is 252 Å². The van der Waals surface area contributed by atoms with Crippen molar-refractivity contribution in [2.75, 3.05) is 47.2 Å². The van der Waals surface area contributed by atoms with Crippen LogP contribution in [0.4, 0.5) is 4.79 Å². The van der Waals surface area contributed by atoms with E-state index in [-0.39, 0.29) is 66.6 Å². The number of nitrogens with one attached hydrogen (secondary N) is 2. The molecule has 576 valence electrons. The second-order valence-electron chi connectivity index (χ2n) is 33.5. The minimum atomic E-state index is -4.59. The van der Waals surface area contributed by atoms with Crippen molar-refractivity contribution < 1.29 is 99.8 Å². The van der Waals surface area contributed by atoms with Crippen LogP contribution >= 0.6 is 7.82 Å². The van der Waals surface area contributed by atoms with Gasteiger partial charge in [-0.15, -0.1) is 0 Å².